The van der Waals surface area contributed by atoms with Gasteiger partial charge in [0.25, 0.3) is 0 Å². The van der Waals surface area contributed by atoms with Crippen LogP contribution in [-0.4, -0.2) is 32.2 Å². The van der Waals surface area contributed by atoms with Crippen molar-refractivity contribution in [1.29, 1.82) is 0 Å². The minimum atomic E-state index is -0.00403. The van der Waals surface area contributed by atoms with E-state index in [0.29, 0.717) is 32.0 Å². The number of nitrogens with one attached hydrogen (secondary N) is 1. The molecule has 3 N–H and O–H groups in total. The van der Waals surface area contributed by atoms with E-state index in [-0.39, 0.29) is 5.91 Å². The van der Waals surface area contributed by atoms with Gasteiger partial charge in [-0.2, -0.15) is 0 Å². The summed E-state index contributed by atoms with van der Waals surface area (Å²) in [6.07, 6.45) is 0.393. The van der Waals surface area contributed by atoms with E-state index in [1.165, 1.54) is 0 Å². The van der Waals surface area contributed by atoms with E-state index in [1.54, 1.807) is 0 Å². The molecule has 0 unspecified atom stereocenters. The van der Waals surface area contributed by atoms with Gasteiger partial charge in [-0.25, -0.2) is 0 Å². The average Bonchev–Trinajstić information content (AvgIpc) is 2.03. The van der Waals surface area contributed by atoms with Crippen LogP contribution in [0, 0.1) is 5.92 Å². The Balaban J connectivity index is 3.11. The Morgan fingerprint density at radius 3 is 2.77 bits per heavy atom. The first kappa shape index (κ1) is 12.4. The molecule has 0 fully saturated rings. The second-order valence-electron chi connectivity index (χ2n) is 3.36. The van der Waals surface area contributed by atoms with Gasteiger partial charge in [-0.15, -0.1) is 0 Å². The monoisotopic (exact) mass is 188 g/mol. The zero-order valence-corrected chi connectivity index (χ0v) is 8.51. The summed E-state index contributed by atoms with van der Waals surface area (Å²) in [4.78, 5) is 10.9. The fourth-order valence-electron chi connectivity index (χ4n) is 0.801. The summed E-state index contributed by atoms with van der Waals surface area (Å²) >= 11 is 0. The Morgan fingerprint density at radius 2 is 2.23 bits per heavy atom. The fraction of sp³-hybridized carbons (Fsp3) is 0.889. The predicted octanol–water partition coefficient (Wildman–Crippen LogP) is 0.124. The molecule has 0 heterocycles. The molecule has 0 aromatic rings. The van der Waals surface area contributed by atoms with Crippen LogP contribution in [-0.2, 0) is 9.53 Å². The van der Waals surface area contributed by atoms with E-state index in [9.17, 15) is 4.79 Å². The highest BCUT2D eigenvalue weighted by molar-refractivity contribution is 5.75. The third kappa shape index (κ3) is 9.30. The van der Waals surface area contributed by atoms with Crippen molar-refractivity contribution in [3.63, 3.8) is 0 Å². The lowest BCUT2D eigenvalue weighted by molar-refractivity contribution is -0.121. The number of rotatable bonds is 7. The number of carbonyl (C=O) groups excluding carboxylic acids is 1. The van der Waals surface area contributed by atoms with Crippen LogP contribution in [0.25, 0.3) is 0 Å². The highest BCUT2D eigenvalue weighted by Gasteiger charge is 1.98. The second kappa shape index (κ2) is 8.01. The van der Waals surface area contributed by atoms with Crippen LogP contribution in [0.5, 0.6) is 0 Å². The molecule has 0 aliphatic carbocycles. The number of hydrogen-bond acceptors (Lipinski definition) is 3. The Labute approximate surface area is 79.8 Å². The average molecular weight is 188 g/mol. The molecule has 0 bridgehead atoms. The maximum absolute atomic E-state index is 10.9. The van der Waals surface area contributed by atoms with Crippen LogP contribution in [0.3, 0.4) is 0 Å². The molecule has 4 nitrogen and oxygen atoms in total. The zero-order chi connectivity index (χ0) is 10.1. The molecule has 0 aliphatic heterocycles. The van der Waals surface area contributed by atoms with E-state index >= 15 is 0 Å². The summed E-state index contributed by atoms with van der Waals surface area (Å²) in [5.74, 6) is 0.537. The SMILES string of the molecule is CC(C)COCCNC(=O)CCN. The Bertz CT molecular complexity index is 138. The van der Waals surface area contributed by atoms with Crippen LogP contribution >= 0.6 is 0 Å². The van der Waals surface area contributed by atoms with Crippen molar-refractivity contribution in [1.82, 2.24) is 5.32 Å². The summed E-state index contributed by atoms with van der Waals surface area (Å²) < 4.78 is 5.28. The van der Waals surface area contributed by atoms with Crippen molar-refractivity contribution >= 4 is 5.91 Å². The Morgan fingerprint density at radius 1 is 1.54 bits per heavy atom. The highest BCUT2D eigenvalue weighted by atomic mass is 16.5. The van der Waals surface area contributed by atoms with Crippen LogP contribution in [0.15, 0.2) is 0 Å². The maximum atomic E-state index is 10.9. The molecule has 0 rings (SSSR count). The molecule has 1 amide bonds. The molecule has 0 aromatic heterocycles. The molecular weight excluding hydrogens is 168 g/mol. The number of hydrogen-bond donors (Lipinski definition) is 2. The summed E-state index contributed by atoms with van der Waals surface area (Å²) in [6, 6.07) is 0. The standard InChI is InChI=1S/C9H20N2O2/c1-8(2)7-13-6-5-11-9(12)3-4-10/h8H,3-7,10H2,1-2H3,(H,11,12). The molecule has 0 saturated heterocycles. The third-order valence-electron chi connectivity index (χ3n) is 1.39. The normalized spacial score (nSPS) is 10.5. The minimum absolute atomic E-state index is 0.00403. The van der Waals surface area contributed by atoms with Gasteiger partial charge in [-0.3, -0.25) is 4.79 Å². The number of nitrogens with two attached hydrogens (primary N) is 1. The molecular formula is C9H20N2O2. The topological polar surface area (TPSA) is 64.3 Å². The molecule has 78 valence electrons. The Kier molecular flexibility index (Phi) is 7.63. The summed E-state index contributed by atoms with van der Waals surface area (Å²) in [5.41, 5.74) is 5.21. The molecule has 0 atom stereocenters. The van der Waals surface area contributed by atoms with Crippen molar-refractivity contribution in [2.75, 3.05) is 26.3 Å². The van der Waals surface area contributed by atoms with E-state index < -0.39 is 0 Å². The largest absolute Gasteiger partial charge is 0.379 e. The number of amides is 1. The summed E-state index contributed by atoms with van der Waals surface area (Å²) in [5, 5.41) is 2.71. The van der Waals surface area contributed by atoms with Crippen molar-refractivity contribution < 1.29 is 9.53 Å². The van der Waals surface area contributed by atoms with Crippen LogP contribution in [0.1, 0.15) is 20.3 Å². The van der Waals surface area contributed by atoms with Gasteiger partial charge in [0.05, 0.1) is 6.61 Å². The van der Waals surface area contributed by atoms with Gasteiger partial charge in [-0.1, -0.05) is 13.8 Å². The number of ether oxygens (including phenoxy) is 1. The second-order valence-corrected chi connectivity index (χ2v) is 3.36. The van der Waals surface area contributed by atoms with Gasteiger partial charge in [0.15, 0.2) is 0 Å². The van der Waals surface area contributed by atoms with E-state index in [2.05, 4.69) is 19.2 Å². The highest BCUT2D eigenvalue weighted by Crippen LogP contribution is 1.90. The van der Waals surface area contributed by atoms with Crippen molar-refractivity contribution in [2.45, 2.75) is 20.3 Å². The fourth-order valence-corrected chi connectivity index (χ4v) is 0.801. The first-order valence-electron chi connectivity index (χ1n) is 4.71. The lowest BCUT2D eigenvalue weighted by atomic mass is 10.2. The Hall–Kier alpha value is -0.610. The quantitative estimate of drug-likeness (QED) is 0.558. The predicted molar refractivity (Wildman–Crippen MR) is 52.3 cm³/mol. The van der Waals surface area contributed by atoms with Gasteiger partial charge in [0.2, 0.25) is 5.91 Å². The molecule has 4 heteroatoms. The maximum Gasteiger partial charge on any atom is 0.221 e. The number of carbonyl (C=O) groups is 1. The molecule has 0 spiro atoms. The van der Waals surface area contributed by atoms with E-state index in [4.69, 9.17) is 10.5 Å². The van der Waals surface area contributed by atoms with Crippen molar-refractivity contribution in [3.8, 4) is 0 Å². The van der Waals surface area contributed by atoms with Gasteiger partial charge in [0, 0.05) is 26.1 Å². The zero-order valence-electron chi connectivity index (χ0n) is 8.51. The third-order valence-corrected chi connectivity index (χ3v) is 1.39. The van der Waals surface area contributed by atoms with Crippen molar-refractivity contribution in [3.05, 3.63) is 0 Å². The molecule has 0 aliphatic rings. The summed E-state index contributed by atoms with van der Waals surface area (Å²) in [7, 11) is 0. The molecule has 0 saturated carbocycles. The first-order chi connectivity index (χ1) is 6.16. The lowest BCUT2D eigenvalue weighted by Crippen LogP contribution is -2.29. The lowest BCUT2D eigenvalue weighted by Gasteiger charge is -2.07. The molecule has 13 heavy (non-hydrogen) atoms. The van der Waals surface area contributed by atoms with Crippen molar-refractivity contribution in [2.24, 2.45) is 11.7 Å². The van der Waals surface area contributed by atoms with E-state index in [0.717, 1.165) is 6.61 Å². The van der Waals surface area contributed by atoms with Crippen LogP contribution in [0.2, 0.25) is 0 Å². The summed E-state index contributed by atoms with van der Waals surface area (Å²) in [6.45, 7) is 6.48. The molecule has 0 aromatic carbocycles. The van der Waals surface area contributed by atoms with Crippen LogP contribution < -0.4 is 11.1 Å². The smallest absolute Gasteiger partial charge is 0.221 e. The van der Waals surface area contributed by atoms with Gasteiger partial charge < -0.3 is 15.8 Å². The van der Waals surface area contributed by atoms with Gasteiger partial charge >= 0.3 is 0 Å². The van der Waals surface area contributed by atoms with Gasteiger partial charge in [0.1, 0.15) is 0 Å². The first-order valence-corrected chi connectivity index (χ1v) is 4.71. The van der Waals surface area contributed by atoms with Gasteiger partial charge in [-0.05, 0) is 5.92 Å². The minimum Gasteiger partial charge on any atom is -0.379 e. The molecule has 0 radical (unpaired) electrons. The van der Waals surface area contributed by atoms with Crippen LogP contribution in [0.4, 0.5) is 0 Å². The van der Waals surface area contributed by atoms with E-state index in [1.807, 2.05) is 0 Å².